The number of rotatable bonds is 4. The summed E-state index contributed by atoms with van der Waals surface area (Å²) in [7, 11) is 0. The van der Waals surface area contributed by atoms with E-state index in [0.717, 1.165) is 29.9 Å². The third-order valence-electron chi connectivity index (χ3n) is 4.84. The zero-order valence-corrected chi connectivity index (χ0v) is 15.1. The van der Waals surface area contributed by atoms with Gasteiger partial charge in [-0.1, -0.05) is 54.6 Å². The Morgan fingerprint density at radius 1 is 0.808 bits per heavy atom. The first-order chi connectivity index (χ1) is 12.8. The lowest BCUT2D eigenvalue weighted by atomic mass is 10.0. The van der Waals surface area contributed by atoms with Crippen molar-refractivity contribution >= 4 is 23.0 Å². The largest absolute Gasteiger partial charge is 0.342 e. The van der Waals surface area contributed by atoms with Crippen LogP contribution in [0.3, 0.4) is 0 Å². The normalized spacial score (nSPS) is 15.2. The average Bonchev–Trinajstić information content (AvgIpc) is 3.09. The van der Waals surface area contributed by atoms with Gasteiger partial charge in [-0.05, 0) is 47.3 Å². The molecule has 1 aliphatic heterocycles. The Morgan fingerprint density at radius 2 is 1.50 bits per heavy atom. The van der Waals surface area contributed by atoms with E-state index in [1.54, 1.807) is 0 Å². The Balaban J connectivity index is 1.22. The van der Waals surface area contributed by atoms with Crippen molar-refractivity contribution < 1.29 is 0 Å². The fourth-order valence-corrected chi connectivity index (χ4v) is 4.40. The molecule has 0 radical (unpaired) electrons. The van der Waals surface area contributed by atoms with Gasteiger partial charge >= 0.3 is 0 Å². The molecule has 4 heteroatoms. The maximum atomic E-state index is 4.73. The van der Waals surface area contributed by atoms with E-state index in [1.165, 1.54) is 16.0 Å². The van der Waals surface area contributed by atoms with Crippen LogP contribution in [-0.2, 0) is 0 Å². The van der Waals surface area contributed by atoms with Crippen LogP contribution in [0.25, 0.3) is 22.2 Å². The summed E-state index contributed by atoms with van der Waals surface area (Å²) in [5.41, 5.74) is 4.71. The minimum atomic E-state index is 0.499. The molecule has 3 aromatic carbocycles. The van der Waals surface area contributed by atoms with Crippen LogP contribution >= 0.6 is 11.9 Å². The standard InChI is InChI=1S/C22H19N3S/c1-2-6-16(7-3-1)17-10-12-19(13-11-17)26-25-14-18(15-25)22-23-20-8-4-5-9-21(20)24-22/h1-13,18H,14-15H2,(H,23,24). The number of hydrogen-bond acceptors (Lipinski definition) is 3. The molecule has 0 atom stereocenters. The van der Waals surface area contributed by atoms with E-state index < -0.39 is 0 Å². The van der Waals surface area contributed by atoms with Gasteiger partial charge in [0.15, 0.2) is 0 Å². The van der Waals surface area contributed by atoms with Crippen LogP contribution in [-0.4, -0.2) is 27.4 Å². The Bertz CT molecular complexity index is 985. The molecule has 1 saturated heterocycles. The van der Waals surface area contributed by atoms with Crippen LogP contribution in [0.2, 0.25) is 0 Å². The predicted octanol–water partition coefficient (Wildman–Crippen LogP) is 5.34. The van der Waals surface area contributed by atoms with Crippen molar-refractivity contribution in [3.63, 3.8) is 0 Å². The summed E-state index contributed by atoms with van der Waals surface area (Å²) >= 11 is 1.83. The molecule has 0 amide bonds. The zero-order valence-electron chi connectivity index (χ0n) is 14.3. The summed E-state index contributed by atoms with van der Waals surface area (Å²) in [6.45, 7) is 2.07. The Kier molecular flexibility index (Phi) is 4.00. The summed E-state index contributed by atoms with van der Waals surface area (Å²) in [5.74, 6) is 1.61. The van der Waals surface area contributed by atoms with Crippen LogP contribution < -0.4 is 0 Å². The highest BCUT2D eigenvalue weighted by atomic mass is 32.2. The molecule has 26 heavy (non-hydrogen) atoms. The highest BCUT2D eigenvalue weighted by Crippen LogP contribution is 2.35. The number of aromatic nitrogens is 2. The smallest absolute Gasteiger partial charge is 0.113 e. The van der Waals surface area contributed by atoms with E-state index in [0.29, 0.717) is 5.92 Å². The molecule has 5 rings (SSSR count). The number of fused-ring (bicyclic) bond motifs is 1. The van der Waals surface area contributed by atoms with Gasteiger partial charge in [0.2, 0.25) is 0 Å². The molecule has 0 unspecified atom stereocenters. The Labute approximate surface area is 157 Å². The van der Waals surface area contributed by atoms with Crippen molar-refractivity contribution in [2.75, 3.05) is 13.1 Å². The number of H-pyrrole nitrogens is 1. The van der Waals surface area contributed by atoms with Crippen molar-refractivity contribution in [3.8, 4) is 11.1 Å². The molecule has 128 valence electrons. The molecule has 0 spiro atoms. The van der Waals surface area contributed by atoms with E-state index in [4.69, 9.17) is 4.98 Å². The van der Waals surface area contributed by atoms with E-state index >= 15 is 0 Å². The van der Waals surface area contributed by atoms with Crippen molar-refractivity contribution in [2.24, 2.45) is 0 Å². The highest BCUT2D eigenvalue weighted by Gasteiger charge is 2.31. The van der Waals surface area contributed by atoms with Gasteiger partial charge in [0, 0.05) is 23.9 Å². The first-order valence-corrected chi connectivity index (χ1v) is 9.65. The molecule has 1 N–H and O–H groups in total. The lowest BCUT2D eigenvalue weighted by molar-refractivity contribution is 0.282. The third-order valence-corrected chi connectivity index (χ3v) is 5.88. The number of para-hydroxylation sites is 2. The second-order valence-corrected chi connectivity index (χ2v) is 7.84. The van der Waals surface area contributed by atoms with Gasteiger partial charge in [-0.2, -0.15) is 0 Å². The number of nitrogens with one attached hydrogen (secondary N) is 1. The number of nitrogens with zero attached hydrogens (tertiary/aromatic N) is 2. The van der Waals surface area contributed by atoms with Crippen molar-refractivity contribution in [3.05, 3.63) is 84.7 Å². The van der Waals surface area contributed by atoms with Gasteiger partial charge in [-0.15, -0.1) is 0 Å². The van der Waals surface area contributed by atoms with Crippen molar-refractivity contribution in [1.29, 1.82) is 0 Å². The molecule has 0 bridgehead atoms. The van der Waals surface area contributed by atoms with E-state index in [1.807, 2.05) is 24.1 Å². The SMILES string of the molecule is c1ccc(-c2ccc(SN3CC(c4nc5ccccc5[nH]4)C3)cc2)cc1. The molecule has 0 saturated carbocycles. The average molecular weight is 357 g/mol. The second-order valence-electron chi connectivity index (χ2n) is 6.66. The maximum Gasteiger partial charge on any atom is 0.113 e. The molecular weight excluding hydrogens is 338 g/mol. The minimum Gasteiger partial charge on any atom is -0.342 e. The lowest BCUT2D eigenvalue weighted by Gasteiger charge is -2.36. The molecule has 1 aliphatic rings. The highest BCUT2D eigenvalue weighted by molar-refractivity contribution is 7.97. The van der Waals surface area contributed by atoms with E-state index in [-0.39, 0.29) is 0 Å². The van der Waals surface area contributed by atoms with Gasteiger partial charge in [0.05, 0.1) is 11.0 Å². The molecule has 4 aromatic rings. The number of aromatic amines is 1. The zero-order chi connectivity index (χ0) is 17.3. The quantitative estimate of drug-likeness (QED) is 0.501. The fraction of sp³-hybridized carbons (Fsp3) is 0.136. The van der Waals surface area contributed by atoms with Gasteiger partial charge in [0.25, 0.3) is 0 Å². The number of hydrogen-bond donors (Lipinski definition) is 1. The molecule has 0 aliphatic carbocycles. The third kappa shape index (κ3) is 3.02. The van der Waals surface area contributed by atoms with Crippen LogP contribution in [0.15, 0.2) is 83.8 Å². The summed E-state index contributed by atoms with van der Waals surface area (Å²) in [4.78, 5) is 9.48. The summed E-state index contributed by atoms with van der Waals surface area (Å²) in [6.07, 6.45) is 0. The predicted molar refractivity (Wildman–Crippen MR) is 108 cm³/mol. The van der Waals surface area contributed by atoms with E-state index in [2.05, 4.69) is 76.0 Å². The van der Waals surface area contributed by atoms with Gasteiger partial charge in [-0.25, -0.2) is 9.29 Å². The summed E-state index contributed by atoms with van der Waals surface area (Å²) in [6, 6.07) is 27.6. The van der Waals surface area contributed by atoms with Gasteiger partial charge in [0.1, 0.15) is 5.82 Å². The molecule has 1 aromatic heterocycles. The summed E-state index contributed by atoms with van der Waals surface area (Å²) < 4.78 is 2.40. The fourth-order valence-electron chi connectivity index (χ4n) is 3.34. The van der Waals surface area contributed by atoms with Crippen LogP contribution in [0.5, 0.6) is 0 Å². The molecule has 3 nitrogen and oxygen atoms in total. The lowest BCUT2D eigenvalue weighted by Crippen LogP contribution is -2.40. The second kappa shape index (κ2) is 6.63. The van der Waals surface area contributed by atoms with E-state index in [9.17, 15) is 0 Å². The van der Waals surface area contributed by atoms with Crippen LogP contribution in [0.1, 0.15) is 11.7 Å². The molecule has 2 heterocycles. The Morgan fingerprint density at radius 3 is 2.27 bits per heavy atom. The Hall–Kier alpha value is -2.56. The summed E-state index contributed by atoms with van der Waals surface area (Å²) in [5, 5.41) is 0. The molecule has 1 fully saturated rings. The topological polar surface area (TPSA) is 31.9 Å². The molecular formula is C22H19N3S. The minimum absolute atomic E-state index is 0.499. The first kappa shape index (κ1) is 15.7. The number of imidazole rings is 1. The number of benzene rings is 3. The maximum absolute atomic E-state index is 4.73. The van der Waals surface area contributed by atoms with Gasteiger partial charge < -0.3 is 4.98 Å². The van der Waals surface area contributed by atoms with Crippen molar-refractivity contribution in [1.82, 2.24) is 14.3 Å². The van der Waals surface area contributed by atoms with Crippen LogP contribution in [0, 0.1) is 0 Å². The van der Waals surface area contributed by atoms with Crippen molar-refractivity contribution in [2.45, 2.75) is 10.8 Å². The first-order valence-electron chi connectivity index (χ1n) is 8.88. The van der Waals surface area contributed by atoms with Crippen LogP contribution in [0.4, 0.5) is 0 Å². The van der Waals surface area contributed by atoms with Gasteiger partial charge in [-0.3, -0.25) is 0 Å². The monoisotopic (exact) mass is 357 g/mol.